The van der Waals surface area contributed by atoms with E-state index in [0.717, 1.165) is 5.56 Å². The molecular weight excluding hydrogens is 222 g/mol. The van der Waals surface area contributed by atoms with Gasteiger partial charge in [0.25, 0.3) is 6.01 Å². The molecule has 1 aromatic carbocycles. The number of aryl methyl sites for hydroxylation is 1. The zero-order chi connectivity index (χ0) is 12.4. The number of aromatic nitrogens is 1. The number of oxazole rings is 1. The number of carboxylic acid groups (broad SMARTS) is 1. The standard InChI is InChI=1S/C11H13N3O3/c12-7(10(15)16)3-1-6-2-4-9-8(5-6)14-11(13)17-9/h2,4-5,7H,1,3,12H2,(H2,13,14)(H,15,16). The van der Waals surface area contributed by atoms with Crippen LogP contribution in [0.5, 0.6) is 0 Å². The van der Waals surface area contributed by atoms with Gasteiger partial charge in [0, 0.05) is 0 Å². The third-order valence-electron chi connectivity index (χ3n) is 2.53. The second-order valence-electron chi connectivity index (χ2n) is 3.84. The van der Waals surface area contributed by atoms with Gasteiger partial charge in [0.1, 0.15) is 11.6 Å². The highest BCUT2D eigenvalue weighted by atomic mass is 16.4. The minimum atomic E-state index is -0.989. The number of carbonyl (C=O) groups is 1. The van der Waals surface area contributed by atoms with Crippen molar-refractivity contribution in [3.05, 3.63) is 23.8 Å². The molecule has 1 aromatic heterocycles. The highest BCUT2D eigenvalue weighted by molar-refractivity contribution is 5.75. The molecule has 1 heterocycles. The largest absolute Gasteiger partial charge is 0.480 e. The van der Waals surface area contributed by atoms with Gasteiger partial charge in [-0.1, -0.05) is 6.07 Å². The van der Waals surface area contributed by atoms with Crippen molar-refractivity contribution in [2.75, 3.05) is 5.73 Å². The minimum Gasteiger partial charge on any atom is -0.480 e. The highest BCUT2D eigenvalue weighted by Gasteiger charge is 2.11. The summed E-state index contributed by atoms with van der Waals surface area (Å²) in [5.74, 6) is -0.989. The smallest absolute Gasteiger partial charge is 0.320 e. The molecule has 0 fully saturated rings. The molecule has 6 nitrogen and oxygen atoms in total. The van der Waals surface area contributed by atoms with Gasteiger partial charge in [0.05, 0.1) is 0 Å². The van der Waals surface area contributed by atoms with Crippen molar-refractivity contribution in [1.29, 1.82) is 0 Å². The summed E-state index contributed by atoms with van der Waals surface area (Å²) in [4.78, 5) is 14.6. The lowest BCUT2D eigenvalue weighted by Crippen LogP contribution is -2.30. The molecule has 0 saturated carbocycles. The predicted molar refractivity (Wildman–Crippen MR) is 62.4 cm³/mol. The van der Waals surface area contributed by atoms with E-state index in [0.29, 0.717) is 23.9 Å². The van der Waals surface area contributed by atoms with E-state index in [-0.39, 0.29) is 6.01 Å². The Morgan fingerprint density at radius 2 is 2.29 bits per heavy atom. The van der Waals surface area contributed by atoms with Crippen LogP contribution < -0.4 is 11.5 Å². The topological polar surface area (TPSA) is 115 Å². The molecule has 0 radical (unpaired) electrons. The Bertz CT molecular complexity index is 550. The predicted octanol–water partition coefficient (Wildman–Crippen LogP) is 0.754. The van der Waals surface area contributed by atoms with Crippen molar-refractivity contribution in [3.8, 4) is 0 Å². The molecule has 2 rings (SSSR count). The number of nitrogen functional groups attached to an aromatic ring is 1. The van der Waals surface area contributed by atoms with E-state index in [2.05, 4.69) is 4.98 Å². The maximum atomic E-state index is 10.6. The van der Waals surface area contributed by atoms with Gasteiger partial charge in [-0.25, -0.2) is 0 Å². The Morgan fingerprint density at radius 1 is 1.53 bits per heavy atom. The van der Waals surface area contributed by atoms with Crippen molar-refractivity contribution in [3.63, 3.8) is 0 Å². The number of nitrogens with zero attached hydrogens (tertiary/aromatic N) is 1. The van der Waals surface area contributed by atoms with E-state index in [1.54, 1.807) is 6.07 Å². The number of benzene rings is 1. The van der Waals surface area contributed by atoms with Crippen LogP contribution in [-0.4, -0.2) is 22.1 Å². The summed E-state index contributed by atoms with van der Waals surface area (Å²) in [7, 11) is 0. The molecule has 0 amide bonds. The fourth-order valence-electron chi connectivity index (χ4n) is 1.59. The first-order chi connectivity index (χ1) is 8.06. The Kier molecular flexibility index (Phi) is 2.97. The van der Waals surface area contributed by atoms with Gasteiger partial charge in [0.2, 0.25) is 0 Å². The summed E-state index contributed by atoms with van der Waals surface area (Å²) in [5, 5.41) is 8.67. The summed E-state index contributed by atoms with van der Waals surface area (Å²) in [6, 6.07) is 4.72. The number of anilines is 1. The number of hydrogen-bond donors (Lipinski definition) is 3. The Labute approximate surface area is 97.2 Å². The van der Waals surface area contributed by atoms with Crippen molar-refractivity contribution < 1.29 is 14.3 Å². The number of nitrogens with two attached hydrogens (primary N) is 2. The normalized spacial score (nSPS) is 12.8. The average molecular weight is 235 g/mol. The lowest BCUT2D eigenvalue weighted by molar-refractivity contribution is -0.138. The van der Waals surface area contributed by atoms with Crippen LogP contribution in [0.4, 0.5) is 6.01 Å². The number of fused-ring (bicyclic) bond motifs is 1. The van der Waals surface area contributed by atoms with E-state index >= 15 is 0 Å². The number of aliphatic carboxylic acids is 1. The molecule has 5 N–H and O–H groups in total. The van der Waals surface area contributed by atoms with Crippen LogP contribution in [0.3, 0.4) is 0 Å². The second-order valence-corrected chi connectivity index (χ2v) is 3.84. The molecule has 0 spiro atoms. The molecule has 0 aliphatic heterocycles. The molecule has 0 bridgehead atoms. The quantitative estimate of drug-likeness (QED) is 0.720. The van der Waals surface area contributed by atoms with Gasteiger partial charge in [-0.3, -0.25) is 4.79 Å². The van der Waals surface area contributed by atoms with Crippen LogP contribution >= 0.6 is 0 Å². The Balaban J connectivity index is 2.11. The molecule has 90 valence electrons. The summed E-state index contributed by atoms with van der Waals surface area (Å²) < 4.78 is 5.13. The Morgan fingerprint density at radius 3 is 3.00 bits per heavy atom. The van der Waals surface area contributed by atoms with E-state index < -0.39 is 12.0 Å². The average Bonchev–Trinajstić information content (AvgIpc) is 2.64. The number of hydrogen-bond acceptors (Lipinski definition) is 5. The first-order valence-electron chi connectivity index (χ1n) is 5.19. The third kappa shape index (κ3) is 2.54. The van der Waals surface area contributed by atoms with Crippen LogP contribution in [-0.2, 0) is 11.2 Å². The molecular formula is C11H13N3O3. The monoisotopic (exact) mass is 235 g/mol. The molecule has 0 saturated heterocycles. The molecule has 0 aliphatic carbocycles. The van der Waals surface area contributed by atoms with Crippen LogP contribution in [0.25, 0.3) is 11.1 Å². The van der Waals surface area contributed by atoms with Gasteiger partial charge in [0.15, 0.2) is 5.58 Å². The summed E-state index contributed by atoms with van der Waals surface area (Å²) in [5.41, 5.74) is 13.1. The molecule has 1 unspecified atom stereocenters. The molecule has 1 atom stereocenters. The summed E-state index contributed by atoms with van der Waals surface area (Å²) >= 11 is 0. The van der Waals surface area contributed by atoms with Crippen molar-refractivity contribution in [2.45, 2.75) is 18.9 Å². The summed E-state index contributed by atoms with van der Waals surface area (Å²) in [6.07, 6.45) is 0.963. The fourth-order valence-corrected chi connectivity index (χ4v) is 1.59. The van der Waals surface area contributed by atoms with Crippen LogP contribution in [0.1, 0.15) is 12.0 Å². The van der Waals surface area contributed by atoms with Gasteiger partial charge < -0.3 is 21.0 Å². The second kappa shape index (κ2) is 4.42. The van der Waals surface area contributed by atoms with Gasteiger partial charge in [-0.15, -0.1) is 0 Å². The maximum absolute atomic E-state index is 10.6. The third-order valence-corrected chi connectivity index (χ3v) is 2.53. The maximum Gasteiger partial charge on any atom is 0.320 e. The van der Waals surface area contributed by atoms with E-state index in [4.69, 9.17) is 21.0 Å². The number of carboxylic acids is 1. The highest BCUT2D eigenvalue weighted by Crippen LogP contribution is 2.19. The SMILES string of the molecule is Nc1nc2cc(CCC(N)C(=O)O)ccc2o1. The zero-order valence-electron chi connectivity index (χ0n) is 9.09. The first kappa shape index (κ1) is 11.4. The van der Waals surface area contributed by atoms with Crippen LogP contribution in [0, 0.1) is 0 Å². The van der Waals surface area contributed by atoms with Crippen molar-refractivity contribution >= 4 is 23.1 Å². The fraction of sp³-hybridized carbons (Fsp3) is 0.273. The van der Waals surface area contributed by atoms with E-state index in [1.165, 1.54) is 0 Å². The van der Waals surface area contributed by atoms with Gasteiger partial charge >= 0.3 is 5.97 Å². The lowest BCUT2D eigenvalue weighted by atomic mass is 10.1. The zero-order valence-corrected chi connectivity index (χ0v) is 9.09. The number of rotatable bonds is 4. The summed E-state index contributed by atoms with van der Waals surface area (Å²) in [6.45, 7) is 0. The molecule has 6 heteroatoms. The molecule has 2 aromatic rings. The van der Waals surface area contributed by atoms with Crippen LogP contribution in [0.15, 0.2) is 22.6 Å². The molecule has 0 aliphatic rings. The van der Waals surface area contributed by atoms with Crippen molar-refractivity contribution in [2.24, 2.45) is 5.73 Å². The van der Waals surface area contributed by atoms with E-state index in [1.807, 2.05) is 12.1 Å². The first-order valence-corrected chi connectivity index (χ1v) is 5.19. The van der Waals surface area contributed by atoms with Crippen molar-refractivity contribution in [1.82, 2.24) is 4.98 Å². The van der Waals surface area contributed by atoms with Crippen LogP contribution in [0.2, 0.25) is 0 Å². The van der Waals surface area contributed by atoms with Gasteiger partial charge in [-0.2, -0.15) is 4.98 Å². The minimum absolute atomic E-state index is 0.124. The molecule has 17 heavy (non-hydrogen) atoms. The van der Waals surface area contributed by atoms with Gasteiger partial charge in [-0.05, 0) is 30.5 Å². The van der Waals surface area contributed by atoms with E-state index in [9.17, 15) is 4.79 Å². The Hall–Kier alpha value is -2.08. The lowest BCUT2D eigenvalue weighted by Gasteiger charge is -2.05.